The van der Waals surface area contributed by atoms with Crippen LogP contribution in [0.3, 0.4) is 0 Å². The molecule has 0 N–H and O–H groups in total. The van der Waals surface area contributed by atoms with Gasteiger partial charge in [-0.3, -0.25) is 0 Å². The molecule has 11 rings (SSSR count). The van der Waals surface area contributed by atoms with E-state index in [1.165, 1.54) is 85.9 Å². The second-order valence-corrected chi connectivity index (χ2v) is 15.5. The monoisotopic (exact) mass is 729 g/mol. The molecule has 0 amide bonds. The van der Waals surface area contributed by atoms with Gasteiger partial charge in [-0.15, -0.1) is 11.3 Å². The maximum atomic E-state index is 2.39. The van der Waals surface area contributed by atoms with Crippen molar-refractivity contribution in [3.8, 4) is 33.4 Å². The van der Waals surface area contributed by atoms with Crippen LogP contribution < -0.4 is 4.90 Å². The highest BCUT2D eigenvalue weighted by atomic mass is 32.1. The summed E-state index contributed by atoms with van der Waals surface area (Å²) in [5.41, 5.74) is 10.7. The molecule has 10 aromatic carbocycles. The SMILES string of the molecule is c1ccc(-c2ccc(N(c3ccc(-c4cc5c6ccccc6ccc5c5ccccc45)cc3)c3ccc(-c4cccc5c4sc4ccccc45)cc3)cc2)cc1. The highest BCUT2D eigenvalue weighted by molar-refractivity contribution is 7.26. The van der Waals surface area contributed by atoms with Crippen molar-refractivity contribution < 1.29 is 0 Å². The van der Waals surface area contributed by atoms with E-state index in [1.54, 1.807) is 0 Å². The summed E-state index contributed by atoms with van der Waals surface area (Å²) < 4.78 is 2.66. The molecule has 0 saturated carbocycles. The summed E-state index contributed by atoms with van der Waals surface area (Å²) in [5, 5.41) is 10.3. The quantitative estimate of drug-likeness (QED) is 0.154. The molecule has 0 aliphatic heterocycles. The molecule has 1 heterocycles. The lowest BCUT2D eigenvalue weighted by atomic mass is 9.91. The largest absolute Gasteiger partial charge is 0.311 e. The second kappa shape index (κ2) is 13.4. The van der Waals surface area contributed by atoms with Crippen LogP contribution in [-0.4, -0.2) is 0 Å². The number of fused-ring (bicyclic) bond motifs is 8. The third-order valence-corrected chi connectivity index (χ3v) is 12.5. The van der Waals surface area contributed by atoms with Gasteiger partial charge in [0.25, 0.3) is 0 Å². The first kappa shape index (κ1) is 32.4. The van der Waals surface area contributed by atoms with Gasteiger partial charge in [-0.2, -0.15) is 0 Å². The van der Waals surface area contributed by atoms with Crippen molar-refractivity contribution in [2.24, 2.45) is 0 Å². The van der Waals surface area contributed by atoms with Gasteiger partial charge in [0.1, 0.15) is 0 Å². The average Bonchev–Trinajstić information content (AvgIpc) is 3.66. The van der Waals surface area contributed by atoms with Gasteiger partial charge in [-0.25, -0.2) is 0 Å². The zero-order valence-corrected chi connectivity index (χ0v) is 31.4. The summed E-state index contributed by atoms with van der Waals surface area (Å²) in [6.45, 7) is 0. The second-order valence-electron chi connectivity index (χ2n) is 14.5. The number of benzene rings is 10. The van der Waals surface area contributed by atoms with Crippen molar-refractivity contribution in [2.75, 3.05) is 4.90 Å². The topological polar surface area (TPSA) is 3.24 Å². The van der Waals surface area contributed by atoms with Gasteiger partial charge in [0.2, 0.25) is 0 Å². The van der Waals surface area contributed by atoms with Crippen molar-refractivity contribution in [3.05, 3.63) is 212 Å². The van der Waals surface area contributed by atoms with E-state index in [0.717, 1.165) is 17.1 Å². The Balaban J connectivity index is 1.02. The number of hydrogen-bond donors (Lipinski definition) is 0. The Morgan fingerprint density at radius 3 is 1.52 bits per heavy atom. The third kappa shape index (κ3) is 5.46. The van der Waals surface area contributed by atoms with E-state index in [-0.39, 0.29) is 0 Å². The molecule has 0 bridgehead atoms. The number of nitrogens with zero attached hydrogens (tertiary/aromatic N) is 1. The molecule has 0 aliphatic carbocycles. The summed E-state index contributed by atoms with van der Waals surface area (Å²) in [5.74, 6) is 0. The zero-order valence-electron chi connectivity index (χ0n) is 30.6. The van der Waals surface area contributed by atoms with E-state index in [2.05, 4.69) is 217 Å². The van der Waals surface area contributed by atoms with Crippen LogP contribution in [0, 0.1) is 0 Å². The van der Waals surface area contributed by atoms with E-state index < -0.39 is 0 Å². The number of rotatable bonds is 6. The lowest BCUT2D eigenvalue weighted by molar-refractivity contribution is 1.28. The van der Waals surface area contributed by atoms with E-state index >= 15 is 0 Å². The van der Waals surface area contributed by atoms with E-state index in [9.17, 15) is 0 Å². The van der Waals surface area contributed by atoms with Crippen LogP contribution in [-0.2, 0) is 0 Å². The summed E-state index contributed by atoms with van der Waals surface area (Å²) in [6, 6.07) is 77.6. The van der Waals surface area contributed by atoms with Gasteiger partial charge >= 0.3 is 0 Å². The molecule has 2 heteroatoms. The molecule has 0 unspecified atom stereocenters. The van der Waals surface area contributed by atoms with Crippen LogP contribution in [0.2, 0.25) is 0 Å². The number of hydrogen-bond acceptors (Lipinski definition) is 2. The molecule has 1 aromatic heterocycles. The van der Waals surface area contributed by atoms with Crippen LogP contribution in [0.5, 0.6) is 0 Å². The first-order valence-electron chi connectivity index (χ1n) is 19.2. The van der Waals surface area contributed by atoms with E-state index in [1.807, 2.05) is 11.3 Å². The van der Waals surface area contributed by atoms with Gasteiger partial charge in [0, 0.05) is 37.2 Å². The van der Waals surface area contributed by atoms with Crippen molar-refractivity contribution in [3.63, 3.8) is 0 Å². The van der Waals surface area contributed by atoms with E-state index in [0.29, 0.717) is 0 Å². The lowest BCUT2D eigenvalue weighted by Gasteiger charge is -2.26. The fourth-order valence-corrected chi connectivity index (χ4v) is 9.77. The van der Waals surface area contributed by atoms with Crippen LogP contribution in [0.4, 0.5) is 17.1 Å². The van der Waals surface area contributed by atoms with E-state index in [4.69, 9.17) is 0 Å². The fourth-order valence-electron chi connectivity index (χ4n) is 8.54. The first-order chi connectivity index (χ1) is 27.8. The minimum atomic E-state index is 1.11. The Morgan fingerprint density at radius 2 is 0.804 bits per heavy atom. The molecule has 0 atom stereocenters. The Bertz CT molecular complexity index is 3210. The Morgan fingerprint density at radius 1 is 0.286 bits per heavy atom. The first-order valence-corrected chi connectivity index (χ1v) is 20.0. The maximum absolute atomic E-state index is 2.39. The molecule has 11 aromatic rings. The molecule has 1 nitrogen and oxygen atoms in total. The molecular weight excluding hydrogens is 695 g/mol. The highest BCUT2D eigenvalue weighted by Crippen LogP contribution is 2.43. The van der Waals surface area contributed by atoms with Gasteiger partial charge < -0.3 is 4.90 Å². The van der Waals surface area contributed by atoms with Crippen molar-refractivity contribution >= 4 is 80.9 Å². The molecule has 56 heavy (non-hydrogen) atoms. The Labute approximate surface area is 330 Å². The minimum Gasteiger partial charge on any atom is -0.311 e. The smallest absolute Gasteiger partial charge is 0.0462 e. The molecule has 0 aliphatic rings. The van der Waals surface area contributed by atoms with Crippen LogP contribution in [0.1, 0.15) is 0 Å². The van der Waals surface area contributed by atoms with Crippen LogP contribution >= 0.6 is 11.3 Å². The summed E-state index contributed by atoms with van der Waals surface area (Å²) >= 11 is 1.88. The third-order valence-electron chi connectivity index (χ3n) is 11.3. The standard InChI is InChI=1S/C54H35NS/c1-2-11-36(12-3-1)37-21-28-41(29-22-37)55(42-30-23-39(24-31-42)45-18-10-19-50-49-17-8-9-20-53(49)56-54(45)50)43-32-25-40(26-33-43)51-35-52-44-14-5-4-13-38(44)27-34-48(52)46-15-6-7-16-47(46)51/h1-35H. The molecule has 0 spiro atoms. The van der Waals surface area contributed by atoms with Crippen molar-refractivity contribution in [1.82, 2.24) is 0 Å². The number of thiophene rings is 1. The molecule has 0 radical (unpaired) electrons. The normalized spacial score (nSPS) is 11.6. The Hall–Kier alpha value is -7.00. The summed E-state index contributed by atoms with van der Waals surface area (Å²) in [6.07, 6.45) is 0. The summed E-state index contributed by atoms with van der Waals surface area (Å²) in [7, 11) is 0. The average molecular weight is 730 g/mol. The van der Waals surface area contributed by atoms with Gasteiger partial charge in [-0.1, -0.05) is 164 Å². The fraction of sp³-hybridized carbons (Fsp3) is 0. The molecular formula is C54H35NS. The van der Waals surface area contributed by atoms with Crippen molar-refractivity contribution in [1.29, 1.82) is 0 Å². The number of anilines is 3. The molecule has 0 saturated heterocycles. The lowest BCUT2D eigenvalue weighted by Crippen LogP contribution is -2.09. The van der Waals surface area contributed by atoms with Crippen molar-refractivity contribution in [2.45, 2.75) is 0 Å². The van der Waals surface area contributed by atoms with Crippen LogP contribution in [0.25, 0.3) is 85.9 Å². The molecule has 0 fully saturated rings. The zero-order chi connectivity index (χ0) is 37.0. The Kier molecular flexibility index (Phi) is 7.75. The van der Waals surface area contributed by atoms with Crippen LogP contribution in [0.15, 0.2) is 212 Å². The predicted molar refractivity (Wildman–Crippen MR) is 243 cm³/mol. The van der Waals surface area contributed by atoms with Gasteiger partial charge in [-0.05, 0) is 114 Å². The van der Waals surface area contributed by atoms with Gasteiger partial charge in [0.05, 0.1) is 0 Å². The predicted octanol–water partition coefficient (Wildman–Crippen LogP) is 16.0. The van der Waals surface area contributed by atoms with Gasteiger partial charge in [0.15, 0.2) is 0 Å². The highest BCUT2D eigenvalue weighted by Gasteiger charge is 2.17. The minimum absolute atomic E-state index is 1.11. The molecule has 262 valence electrons. The maximum Gasteiger partial charge on any atom is 0.0462 e. The summed E-state index contributed by atoms with van der Waals surface area (Å²) in [4.78, 5) is 2.37.